The molecule has 0 aliphatic carbocycles. The van der Waals surface area contributed by atoms with Crippen LogP contribution in [0.4, 0.5) is 0 Å². The van der Waals surface area contributed by atoms with Gasteiger partial charge in [0.05, 0.1) is 0 Å². The highest BCUT2D eigenvalue weighted by atomic mass is 15.2. The van der Waals surface area contributed by atoms with E-state index in [2.05, 4.69) is 43.1 Å². The second kappa shape index (κ2) is 7.25. The first-order valence-corrected chi connectivity index (χ1v) is 6.74. The maximum absolute atomic E-state index is 3.54. The summed E-state index contributed by atoms with van der Waals surface area (Å²) in [5, 5.41) is 3.54. The van der Waals surface area contributed by atoms with Crippen LogP contribution in [-0.4, -0.2) is 62.7 Å². The molecule has 0 aromatic rings. The maximum Gasteiger partial charge on any atom is 0.0247 e. The minimum Gasteiger partial charge on any atom is -0.315 e. The fourth-order valence-corrected chi connectivity index (χ4v) is 2.52. The lowest BCUT2D eigenvalue weighted by molar-refractivity contribution is 0.114. The molecule has 1 aliphatic heterocycles. The number of likely N-dealkylation sites (N-methyl/N-ethyl adjacent to an activating group) is 1. The zero-order chi connectivity index (χ0) is 12.0. The smallest absolute Gasteiger partial charge is 0.0247 e. The van der Waals surface area contributed by atoms with Crippen LogP contribution in [0.15, 0.2) is 0 Å². The summed E-state index contributed by atoms with van der Waals surface area (Å²) in [6.07, 6.45) is 2.59. The normalized spacial score (nSPS) is 26.6. The monoisotopic (exact) mass is 227 g/mol. The fraction of sp³-hybridized carbons (Fsp3) is 1.00. The van der Waals surface area contributed by atoms with Gasteiger partial charge in [0.25, 0.3) is 0 Å². The highest BCUT2D eigenvalue weighted by Crippen LogP contribution is 2.17. The molecule has 1 saturated heterocycles. The van der Waals surface area contributed by atoms with E-state index >= 15 is 0 Å². The molecule has 0 saturated carbocycles. The van der Waals surface area contributed by atoms with E-state index in [0.29, 0.717) is 0 Å². The van der Waals surface area contributed by atoms with Gasteiger partial charge in [-0.3, -0.25) is 4.90 Å². The van der Waals surface area contributed by atoms with Crippen molar-refractivity contribution in [1.82, 2.24) is 15.1 Å². The van der Waals surface area contributed by atoms with Gasteiger partial charge in [-0.05, 0) is 45.9 Å². The summed E-state index contributed by atoms with van der Waals surface area (Å²) >= 11 is 0. The highest BCUT2D eigenvalue weighted by Gasteiger charge is 2.26. The van der Waals surface area contributed by atoms with Crippen molar-refractivity contribution in [1.29, 1.82) is 0 Å². The molecule has 96 valence electrons. The van der Waals surface area contributed by atoms with Gasteiger partial charge in [0.15, 0.2) is 0 Å². The lowest BCUT2D eigenvalue weighted by Crippen LogP contribution is -2.52. The molecule has 0 aromatic carbocycles. The Kier molecular flexibility index (Phi) is 6.32. The molecule has 16 heavy (non-hydrogen) atoms. The summed E-state index contributed by atoms with van der Waals surface area (Å²) in [6, 6.07) is 0.744. The van der Waals surface area contributed by atoms with Crippen molar-refractivity contribution >= 4 is 0 Å². The number of hydrogen-bond acceptors (Lipinski definition) is 3. The van der Waals surface area contributed by atoms with Gasteiger partial charge in [-0.1, -0.05) is 13.8 Å². The third kappa shape index (κ3) is 4.40. The van der Waals surface area contributed by atoms with Crippen LogP contribution in [0.2, 0.25) is 0 Å². The van der Waals surface area contributed by atoms with Crippen molar-refractivity contribution < 1.29 is 0 Å². The lowest BCUT2D eigenvalue weighted by atomic mass is 9.93. The van der Waals surface area contributed by atoms with Crippen molar-refractivity contribution in [3.63, 3.8) is 0 Å². The molecule has 0 amide bonds. The van der Waals surface area contributed by atoms with Gasteiger partial charge in [0.2, 0.25) is 0 Å². The molecule has 2 unspecified atom stereocenters. The maximum atomic E-state index is 3.54. The van der Waals surface area contributed by atoms with E-state index in [9.17, 15) is 0 Å². The number of nitrogens with one attached hydrogen (secondary N) is 1. The van der Waals surface area contributed by atoms with Gasteiger partial charge < -0.3 is 10.2 Å². The fourth-order valence-electron chi connectivity index (χ4n) is 2.52. The molecule has 1 aliphatic rings. The van der Waals surface area contributed by atoms with E-state index in [1.807, 2.05) is 0 Å². The Labute approximate surface area is 101 Å². The Balaban J connectivity index is 2.46. The average molecular weight is 227 g/mol. The zero-order valence-corrected chi connectivity index (χ0v) is 11.5. The molecule has 2 atom stereocenters. The van der Waals surface area contributed by atoms with Crippen LogP contribution < -0.4 is 5.32 Å². The standard InChI is InChI=1S/C13H29N3/c1-5-8-16(10-9-15(3)4)13-11-14-7-6-12(13)2/h12-14H,5-11H2,1-4H3. The topological polar surface area (TPSA) is 18.5 Å². The van der Waals surface area contributed by atoms with Gasteiger partial charge in [0, 0.05) is 25.7 Å². The average Bonchev–Trinajstić information content (AvgIpc) is 2.25. The van der Waals surface area contributed by atoms with Crippen molar-refractivity contribution in [2.24, 2.45) is 5.92 Å². The lowest BCUT2D eigenvalue weighted by Gasteiger charge is -2.39. The van der Waals surface area contributed by atoms with E-state index in [-0.39, 0.29) is 0 Å². The first kappa shape index (κ1) is 13.9. The summed E-state index contributed by atoms with van der Waals surface area (Å²) < 4.78 is 0. The van der Waals surface area contributed by atoms with Gasteiger partial charge in [0.1, 0.15) is 0 Å². The minimum absolute atomic E-state index is 0.744. The van der Waals surface area contributed by atoms with Crippen LogP contribution in [0.5, 0.6) is 0 Å². The summed E-state index contributed by atoms with van der Waals surface area (Å²) in [7, 11) is 4.32. The van der Waals surface area contributed by atoms with Crippen LogP contribution in [0.25, 0.3) is 0 Å². The van der Waals surface area contributed by atoms with Crippen LogP contribution in [0.3, 0.4) is 0 Å². The molecular formula is C13H29N3. The van der Waals surface area contributed by atoms with Crippen molar-refractivity contribution in [3.8, 4) is 0 Å². The highest BCUT2D eigenvalue weighted by molar-refractivity contribution is 4.83. The Bertz CT molecular complexity index is 182. The largest absolute Gasteiger partial charge is 0.315 e. The van der Waals surface area contributed by atoms with Crippen LogP contribution in [0, 0.1) is 5.92 Å². The summed E-state index contributed by atoms with van der Waals surface area (Å²) in [5.74, 6) is 0.843. The van der Waals surface area contributed by atoms with E-state index in [0.717, 1.165) is 12.0 Å². The molecule has 1 rings (SSSR count). The molecule has 3 nitrogen and oxygen atoms in total. The number of hydrogen-bond donors (Lipinski definition) is 1. The third-order valence-corrected chi connectivity index (χ3v) is 3.60. The second-order valence-corrected chi connectivity index (χ2v) is 5.38. The number of rotatable bonds is 6. The van der Waals surface area contributed by atoms with Crippen LogP contribution >= 0.6 is 0 Å². The predicted octanol–water partition coefficient (Wildman–Crippen LogP) is 1.26. The molecule has 0 radical (unpaired) electrons. The van der Waals surface area contributed by atoms with Crippen LogP contribution in [-0.2, 0) is 0 Å². The molecule has 1 N–H and O–H groups in total. The molecule has 3 heteroatoms. The van der Waals surface area contributed by atoms with Gasteiger partial charge in [-0.15, -0.1) is 0 Å². The first-order valence-electron chi connectivity index (χ1n) is 6.74. The molecule has 0 aromatic heterocycles. The third-order valence-electron chi connectivity index (χ3n) is 3.60. The van der Waals surface area contributed by atoms with E-state index in [1.165, 1.54) is 45.6 Å². The Morgan fingerprint density at radius 3 is 2.50 bits per heavy atom. The predicted molar refractivity (Wildman–Crippen MR) is 70.9 cm³/mol. The molecule has 0 bridgehead atoms. The molecule has 1 heterocycles. The summed E-state index contributed by atoms with van der Waals surface area (Å²) in [6.45, 7) is 10.7. The first-order chi connectivity index (χ1) is 7.65. The van der Waals surface area contributed by atoms with E-state index in [1.54, 1.807) is 0 Å². The van der Waals surface area contributed by atoms with Crippen molar-refractivity contribution in [2.75, 3.05) is 46.8 Å². The Morgan fingerprint density at radius 2 is 1.94 bits per heavy atom. The van der Waals surface area contributed by atoms with Gasteiger partial charge >= 0.3 is 0 Å². The van der Waals surface area contributed by atoms with E-state index in [4.69, 9.17) is 0 Å². The molecule has 1 fully saturated rings. The van der Waals surface area contributed by atoms with Gasteiger partial charge in [-0.25, -0.2) is 0 Å². The number of nitrogens with zero attached hydrogens (tertiary/aromatic N) is 2. The minimum atomic E-state index is 0.744. The Morgan fingerprint density at radius 1 is 1.19 bits per heavy atom. The van der Waals surface area contributed by atoms with Crippen molar-refractivity contribution in [3.05, 3.63) is 0 Å². The quantitative estimate of drug-likeness (QED) is 0.737. The zero-order valence-electron chi connectivity index (χ0n) is 11.5. The van der Waals surface area contributed by atoms with Crippen LogP contribution in [0.1, 0.15) is 26.7 Å². The molecular weight excluding hydrogens is 198 g/mol. The van der Waals surface area contributed by atoms with Crippen molar-refractivity contribution in [2.45, 2.75) is 32.7 Å². The summed E-state index contributed by atoms with van der Waals surface area (Å²) in [4.78, 5) is 4.96. The Hall–Kier alpha value is -0.120. The molecule has 0 spiro atoms. The summed E-state index contributed by atoms with van der Waals surface area (Å²) in [5.41, 5.74) is 0. The van der Waals surface area contributed by atoms with Gasteiger partial charge in [-0.2, -0.15) is 0 Å². The van der Waals surface area contributed by atoms with E-state index < -0.39 is 0 Å². The SMILES string of the molecule is CCCN(CCN(C)C)C1CNCCC1C. The number of piperidine rings is 1. The second-order valence-electron chi connectivity index (χ2n) is 5.38.